The first-order valence-corrected chi connectivity index (χ1v) is 3.42. The highest BCUT2D eigenvalue weighted by Gasteiger charge is 2.28. The van der Waals surface area contributed by atoms with E-state index in [2.05, 4.69) is 0 Å². The highest BCUT2D eigenvalue weighted by Crippen LogP contribution is 2.22. The molecule has 0 aromatic rings. The van der Waals surface area contributed by atoms with Crippen molar-refractivity contribution in [3.63, 3.8) is 0 Å². The van der Waals surface area contributed by atoms with Crippen LogP contribution in [-0.2, 0) is 4.79 Å². The van der Waals surface area contributed by atoms with Crippen LogP contribution in [0.5, 0.6) is 0 Å². The molecule has 0 aromatic heterocycles. The molecule has 0 radical (unpaired) electrons. The van der Waals surface area contributed by atoms with Gasteiger partial charge >= 0.3 is 6.18 Å². The molecule has 0 aromatic carbocycles. The van der Waals surface area contributed by atoms with E-state index < -0.39 is 12.6 Å². The zero-order valence-corrected chi connectivity index (χ0v) is 6.53. The van der Waals surface area contributed by atoms with E-state index in [1.165, 1.54) is 0 Å². The van der Waals surface area contributed by atoms with Crippen LogP contribution in [-0.4, -0.2) is 12.0 Å². The maximum Gasteiger partial charge on any atom is 0.389 e. The molecule has 0 bridgehead atoms. The Labute approximate surface area is 63.6 Å². The number of Topliss-reactive ketones (excluding diaryl/α,β-unsaturated/α-hetero) is 1. The molecule has 4 heteroatoms. The summed E-state index contributed by atoms with van der Waals surface area (Å²) in [7, 11) is 0. The molecule has 0 aliphatic rings. The van der Waals surface area contributed by atoms with Gasteiger partial charge in [0.15, 0.2) is 0 Å². The van der Waals surface area contributed by atoms with Gasteiger partial charge < -0.3 is 0 Å². The molecule has 0 aliphatic heterocycles. The summed E-state index contributed by atoms with van der Waals surface area (Å²) in [6.45, 7) is 3.19. The van der Waals surface area contributed by atoms with Crippen molar-refractivity contribution >= 4 is 5.78 Å². The molecule has 1 nitrogen and oxygen atoms in total. The van der Waals surface area contributed by atoms with Gasteiger partial charge in [0, 0.05) is 12.3 Å². The first kappa shape index (κ1) is 10.5. The zero-order valence-electron chi connectivity index (χ0n) is 6.53. The number of carbonyl (C=O) groups is 1. The van der Waals surface area contributed by atoms with Crippen LogP contribution in [0.2, 0.25) is 0 Å². The van der Waals surface area contributed by atoms with Crippen molar-refractivity contribution in [3.8, 4) is 0 Å². The van der Waals surface area contributed by atoms with Crippen LogP contribution in [0.3, 0.4) is 0 Å². The molecule has 0 atom stereocenters. The third kappa shape index (κ3) is 5.88. The Balaban J connectivity index is 3.64. The Morgan fingerprint density at radius 1 is 1.36 bits per heavy atom. The Kier molecular flexibility index (Phi) is 3.55. The summed E-state index contributed by atoms with van der Waals surface area (Å²) in [4.78, 5) is 10.7. The third-order valence-electron chi connectivity index (χ3n) is 1.30. The van der Waals surface area contributed by atoms with Crippen molar-refractivity contribution < 1.29 is 18.0 Å². The molecular weight excluding hydrogens is 157 g/mol. The smallest absolute Gasteiger partial charge is 0.299 e. The second kappa shape index (κ2) is 3.74. The Morgan fingerprint density at radius 2 is 1.82 bits per heavy atom. The first-order chi connectivity index (χ1) is 4.83. The summed E-state index contributed by atoms with van der Waals surface area (Å²) >= 11 is 0. The molecule has 0 saturated heterocycles. The van der Waals surface area contributed by atoms with Gasteiger partial charge in [-0.05, 0) is 0 Å². The van der Waals surface area contributed by atoms with Crippen LogP contribution in [0.1, 0.15) is 26.7 Å². The number of halogens is 3. The largest absolute Gasteiger partial charge is 0.389 e. The van der Waals surface area contributed by atoms with Gasteiger partial charge in [0.05, 0.1) is 6.42 Å². The molecule has 0 amide bonds. The summed E-state index contributed by atoms with van der Waals surface area (Å²) in [5.74, 6) is -0.625. The van der Waals surface area contributed by atoms with E-state index in [4.69, 9.17) is 0 Å². The van der Waals surface area contributed by atoms with E-state index >= 15 is 0 Å². The van der Waals surface area contributed by atoms with Crippen molar-refractivity contribution in [1.82, 2.24) is 0 Å². The number of hydrogen-bond donors (Lipinski definition) is 0. The van der Waals surface area contributed by atoms with Gasteiger partial charge in [-0.1, -0.05) is 13.8 Å². The van der Waals surface area contributed by atoms with Crippen molar-refractivity contribution in [1.29, 1.82) is 0 Å². The van der Waals surface area contributed by atoms with Crippen molar-refractivity contribution in [2.75, 3.05) is 0 Å². The normalized spacial score (nSPS) is 12.2. The molecule has 0 unspecified atom stereocenters. The predicted molar refractivity (Wildman–Crippen MR) is 35.1 cm³/mol. The number of ketones is 1. The molecule has 0 N–H and O–H groups in total. The lowest BCUT2D eigenvalue weighted by Crippen LogP contribution is -2.13. The second-order valence-corrected chi connectivity index (χ2v) is 2.74. The third-order valence-corrected chi connectivity index (χ3v) is 1.30. The fraction of sp³-hybridized carbons (Fsp3) is 0.857. The number of carbonyl (C=O) groups excluding carboxylic acids is 1. The summed E-state index contributed by atoms with van der Waals surface area (Å²) in [5.41, 5.74) is 0. The Hall–Kier alpha value is -0.540. The van der Waals surface area contributed by atoms with Crippen molar-refractivity contribution in [2.45, 2.75) is 32.9 Å². The van der Waals surface area contributed by atoms with Crippen LogP contribution < -0.4 is 0 Å². The molecule has 0 fully saturated rings. The Morgan fingerprint density at radius 3 is 2.09 bits per heavy atom. The minimum atomic E-state index is -4.20. The van der Waals surface area contributed by atoms with Crippen molar-refractivity contribution in [2.24, 2.45) is 5.92 Å². The highest BCUT2D eigenvalue weighted by atomic mass is 19.4. The molecule has 11 heavy (non-hydrogen) atoms. The quantitative estimate of drug-likeness (QED) is 0.632. The van der Waals surface area contributed by atoms with E-state index in [1.54, 1.807) is 13.8 Å². The van der Waals surface area contributed by atoms with Gasteiger partial charge in [-0.2, -0.15) is 13.2 Å². The maximum atomic E-state index is 11.5. The van der Waals surface area contributed by atoms with E-state index in [0.29, 0.717) is 0 Å². The lowest BCUT2D eigenvalue weighted by molar-refractivity contribution is -0.144. The molecule has 0 rings (SSSR count). The molecule has 0 heterocycles. The molecule has 0 spiro atoms. The maximum absolute atomic E-state index is 11.5. The fourth-order valence-electron chi connectivity index (χ4n) is 0.554. The van der Waals surface area contributed by atoms with E-state index in [-0.39, 0.29) is 18.1 Å². The van der Waals surface area contributed by atoms with Gasteiger partial charge in [0.2, 0.25) is 0 Å². The SMILES string of the molecule is CC(C)C(=O)CCC(F)(F)F. The molecular formula is C7H11F3O. The highest BCUT2D eigenvalue weighted by molar-refractivity contribution is 5.80. The number of rotatable bonds is 3. The lowest BCUT2D eigenvalue weighted by Gasteiger charge is -2.06. The minimum absolute atomic E-state index is 0.294. The van der Waals surface area contributed by atoms with E-state index in [1.807, 2.05) is 0 Å². The average molecular weight is 168 g/mol. The standard InChI is InChI=1S/C7H11F3O/c1-5(2)6(11)3-4-7(8,9)10/h5H,3-4H2,1-2H3. The fourth-order valence-corrected chi connectivity index (χ4v) is 0.554. The van der Waals surface area contributed by atoms with Crippen LogP contribution in [0.25, 0.3) is 0 Å². The second-order valence-electron chi connectivity index (χ2n) is 2.74. The number of alkyl halides is 3. The van der Waals surface area contributed by atoms with Gasteiger partial charge in [-0.25, -0.2) is 0 Å². The van der Waals surface area contributed by atoms with Crippen LogP contribution in [0.4, 0.5) is 13.2 Å². The lowest BCUT2D eigenvalue weighted by atomic mass is 10.0. The van der Waals surface area contributed by atoms with Crippen molar-refractivity contribution in [3.05, 3.63) is 0 Å². The van der Waals surface area contributed by atoms with Gasteiger partial charge in [-0.15, -0.1) is 0 Å². The topological polar surface area (TPSA) is 17.1 Å². The van der Waals surface area contributed by atoms with Gasteiger partial charge in [0.1, 0.15) is 5.78 Å². The van der Waals surface area contributed by atoms with E-state index in [0.717, 1.165) is 0 Å². The molecule has 66 valence electrons. The molecule has 0 aliphatic carbocycles. The monoisotopic (exact) mass is 168 g/mol. The number of hydrogen-bond acceptors (Lipinski definition) is 1. The summed E-state index contributed by atoms with van der Waals surface area (Å²) in [6.07, 6.45) is -5.59. The average Bonchev–Trinajstić information content (AvgIpc) is 1.80. The van der Waals surface area contributed by atoms with Gasteiger partial charge in [-0.3, -0.25) is 4.79 Å². The Bertz CT molecular complexity index is 137. The van der Waals surface area contributed by atoms with Crippen LogP contribution in [0, 0.1) is 5.92 Å². The predicted octanol–water partition coefficient (Wildman–Crippen LogP) is 2.55. The summed E-state index contributed by atoms with van der Waals surface area (Å²) in [5, 5.41) is 0. The minimum Gasteiger partial charge on any atom is -0.299 e. The summed E-state index contributed by atoms with van der Waals surface area (Å²) < 4.78 is 34.6. The zero-order chi connectivity index (χ0) is 9.07. The summed E-state index contributed by atoms with van der Waals surface area (Å²) in [6, 6.07) is 0. The van der Waals surface area contributed by atoms with E-state index in [9.17, 15) is 18.0 Å². The van der Waals surface area contributed by atoms with Gasteiger partial charge in [0.25, 0.3) is 0 Å². The van der Waals surface area contributed by atoms with Crippen LogP contribution >= 0.6 is 0 Å². The first-order valence-electron chi connectivity index (χ1n) is 3.42. The van der Waals surface area contributed by atoms with Crippen LogP contribution in [0.15, 0.2) is 0 Å². The molecule has 0 saturated carbocycles.